The van der Waals surface area contributed by atoms with Crippen molar-refractivity contribution >= 4 is 26.4 Å². The molecule has 1 aromatic carbocycles. The number of anilines is 1. The SMILES string of the molecule is CN(C(=O)Br)c1ccc(F)c(F)c1. The van der Waals surface area contributed by atoms with Gasteiger partial charge in [0.25, 0.3) is 4.82 Å². The normalized spacial score (nSPS) is 9.85. The number of carbonyl (C=O) groups is 1. The molecule has 0 saturated heterocycles. The first-order chi connectivity index (χ1) is 6.02. The van der Waals surface area contributed by atoms with Gasteiger partial charge in [-0.25, -0.2) is 8.78 Å². The summed E-state index contributed by atoms with van der Waals surface area (Å²) in [6.07, 6.45) is 0. The van der Waals surface area contributed by atoms with E-state index in [2.05, 4.69) is 15.9 Å². The first-order valence-corrected chi connectivity index (χ1v) is 4.20. The fourth-order valence-corrected chi connectivity index (χ4v) is 1.000. The minimum Gasteiger partial charge on any atom is -0.306 e. The van der Waals surface area contributed by atoms with Crippen LogP contribution in [0.4, 0.5) is 19.3 Å². The predicted molar refractivity (Wildman–Crippen MR) is 49.1 cm³/mol. The summed E-state index contributed by atoms with van der Waals surface area (Å²) in [5, 5.41) is 0. The Balaban J connectivity index is 3.03. The van der Waals surface area contributed by atoms with E-state index in [9.17, 15) is 13.6 Å². The van der Waals surface area contributed by atoms with Gasteiger partial charge in [0.2, 0.25) is 0 Å². The molecule has 0 aliphatic heterocycles. The van der Waals surface area contributed by atoms with Gasteiger partial charge >= 0.3 is 0 Å². The molecule has 13 heavy (non-hydrogen) atoms. The number of rotatable bonds is 1. The maximum atomic E-state index is 12.7. The Labute approximate surface area is 82.3 Å². The number of hydrogen-bond donors (Lipinski definition) is 0. The van der Waals surface area contributed by atoms with E-state index in [-0.39, 0.29) is 0 Å². The van der Waals surface area contributed by atoms with E-state index in [1.165, 1.54) is 13.1 Å². The smallest absolute Gasteiger partial charge is 0.293 e. The van der Waals surface area contributed by atoms with Crippen LogP contribution in [0.5, 0.6) is 0 Å². The van der Waals surface area contributed by atoms with Gasteiger partial charge in [-0.3, -0.25) is 4.79 Å². The van der Waals surface area contributed by atoms with E-state index in [1.54, 1.807) is 0 Å². The van der Waals surface area contributed by atoms with Crippen molar-refractivity contribution < 1.29 is 13.6 Å². The van der Waals surface area contributed by atoms with Crippen molar-refractivity contribution in [3.63, 3.8) is 0 Å². The van der Waals surface area contributed by atoms with Crippen LogP contribution in [0.15, 0.2) is 18.2 Å². The van der Waals surface area contributed by atoms with E-state index >= 15 is 0 Å². The highest BCUT2D eigenvalue weighted by Gasteiger charge is 2.09. The quantitative estimate of drug-likeness (QED) is 0.554. The van der Waals surface area contributed by atoms with E-state index in [4.69, 9.17) is 0 Å². The highest BCUT2D eigenvalue weighted by atomic mass is 79.9. The molecule has 2 nitrogen and oxygen atoms in total. The van der Waals surface area contributed by atoms with Crippen LogP contribution in [0.25, 0.3) is 0 Å². The summed E-state index contributed by atoms with van der Waals surface area (Å²) in [6, 6.07) is 3.24. The second kappa shape index (κ2) is 3.83. The summed E-state index contributed by atoms with van der Waals surface area (Å²) in [6.45, 7) is 0. The predicted octanol–water partition coefficient (Wildman–Crippen LogP) is 2.92. The second-order valence-corrected chi connectivity index (χ2v) is 3.09. The number of hydrogen-bond acceptors (Lipinski definition) is 1. The molecule has 1 amide bonds. The lowest BCUT2D eigenvalue weighted by Gasteiger charge is -2.13. The molecular weight excluding hydrogens is 244 g/mol. The van der Waals surface area contributed by atoms with E-state index in [0.717, 1.165) is 17.0 Å². The Kier molecular flexibility index (Phi) is 2.98. The lowest BCUT2D eigenvalue weighted by atomic mass is 10.3. The van der Waals surface area contributed by atoms with Crippen molar-refractivity contribution in [2.24, 2.45) is 0 Å². The minimum atomic E-state index is -0.974. The van der Waals surface area contributed by atoms with Crippen LogP contribution in [-0.4, -0.2) is 11.9 Å². The van der Waals surface area contributed by atoms with Crippen LogP contribution < -0.4 is 4.90 Å². The van der Waals surface area contributed by atoms with Gasteiger partial charge in [-0.05, 0) is 12.1 Å². The van der Waals surface area contributed by atoms with E-state index in [1.807, 2.05) is 0 Å². The Morgan fingerprint density at radius 3 is 2.46 bits per heavy atom. The zero-order valence-electron chi connectivity index (χ0n) is 6.72. The van der Waals surface area contributed by atoms with Gasteiger partial charge in [-0.1, -0.05) is 0 Å². The Hall–Kier alpha value is -0.970. The minimum absolute atomic E-state index is 0.292. The van der Waals surface area contributed by atoms with Gasteiger partial charge in [0.05, 0.1) is 0 Å². The molecule has 1 aromatic rings. The van der Waals surface area contributed by atoms with Crippen molar-refractivity contribution in [2.75, 3.05) is 11.9 Å². The first kappa shape index (κ1) is 10.1. The molecule has 0 saturated carbocycles. The summed E-state index contributed by atoms with van der Waals surface area (Å²) < 4.78 is 25.1. The molecule has 0 spiro atoms. The van der Waals surface area contributed by atoms with Gasteiger partial charge in [0.1, 0.15) is 0 Å². The third-order valence-corrected chi connectivity index (χ3v) is 2.09. The number of nitrogens with zero attached hydrogens (tertiary/aromatic N) is 1. The molecule has 0 radical (unpaired) electrons. The highest BCUT2D eigenvalue weighted by molar-refractivity contribution is 9.18. The molecule has 0 fully saturated rings. The van der Waals surface area contributed by atoms with Gasteiger partial charge in [-0.2, -0.15) is 0 Å². The summed E-state index contributed by atoms with van der Waals surface area (Å²) >= 11 is 2.69. The van der Waals surface area contributed by atoms with Crippen molar-refractivity contribution in [1.29, 1.82) is 0 Å². The average molecular weight is 250 g/mol. The maximum Gasteiger partial charge on any atom is 0.293 e. The molecule has 0 aliphatic carbocycles. The number of carbonyl (C=O) groups excluding carboxylic acids is 1. The van der Waals surface area contributed by atoms with Gasteiger partial charge in [0, 0.05) is 34.7 Å². The highest BCUT2D eigenvalue weighted by Crippen LogP contribution is 2.18. The second-order valence-electron chi connectivity index (χ2n) is 2.41. The first-order valence-electron chi connectivity index (χ1n) is 3.40. The fraction of sp³-hybridized carbons (Fsp3) is 0.125. The average Bonchev–Trinajstić information content (AvgIpc) is 2.08. The topological polar surface area (TPSA) is 20.3 Å². The molecule has 0 aromatic heterocycles. The van der Waals surface area contributed by atoms with Gasteiger partial charge in [-0.15, -0.1) is 0 Å². The lowest BCUT2D eigenvalue weighted by molar-refractivity contribution is 0.267. The van der Waals surface area contributed by atoms with Crippen molar-refractivity contribution in [3.8, 4) is 0 Å². The number of amides is 1. The summed E-state index contributed by atoms with van der Waals surface area (Å²) in [5.74, 6) is -1.91. The Bertz CT molecular complexity index is 343. The van der Waals surface area contributed by atoms with Gasteiger partial charge in [0.15, 0.2) is 11.6 Å². The standard InChI is InChI=1S/C8H6BrF2NO/c1-12(8(9)13)5-2-3-6(10)7(11)4-5/h2-4H,1H3. The molecule has 0 atom stereocenters. The molecule has 1 rings (SSSR count). The van der Waals surface area contributed by atoms with Crippen LogP contribution in [-0.2, 0) is 0 Å². The Morgan fingerprint density at radius 2 is 2.00 bits per heavy atom. The molecule has 0 N–H and O–H groups in total. The van der Waals surface area contributed by atoms with Crippen LogP contribution in [0.2, 0.25) is 0 Å². The Morgan fingerprint density at radius 1 is 1.38 bits per heavy atom. The number of benzene rings is 1. The van der Waals surface area contributed by atoms with Crippen LogP contribution in [0.3, 0.4) is 0 Å². The van der Waals surface area contributed by atoms with Crippen molar-refractivity contribution in [1.82, 2.24) is 0 Å². The monoisotopic (exact) mass is 249 g/mol. The van der Waals surface area contributed by atoms with Crippen LogP contribution >= 0.6 is 15.9 Å². The third kappa shape index (κ3) is 2.24. The zero-order valence-corrected chi connectivity index (χ0v) is 8.31. The molecule has 0 unspecified atom stereocenters. The summed E-state index contributed by atoms with van der Waals surface area (Å²) in [4.78, 5) is 11.5. The van der Waals surface area contributed by atoms with Crippen molar-refractivity contribution in [3.05, 3.63) is 29.8 Å². The van der Waals surface area contributed by atoms with E-state index < -0.39 is 16.5 Å². The van der Waals surface area contributed by atoms with Crippen molar-refractivity contribution in [2.45, 2.75) is 0 Å². The number of halogens is 3. The molecule has 70 valence electrons. The molecule has 5 heteroatoms. The molecular formula is C8H6BrF2NO. The largest absolute Gasteiger partial charge is 0.306 e. The van der Waals surface area contributed by atoms with Crippen LogP contribution in [0, 0.1) is 11.6 Å². The summed E-state index contributed by atoms with van der Waals surface area (Å²) in [5.41, 5.74) is 0.292. The van der Waals surface area contributed by atoms with E-state index in [0.29, 0.717) is 5.69 Å². The fourth-order valence-electron chi connectivity index (χ4n) is 0.795. The molecule has 0 bridgehead atoms. The molecule has 0 aliphatic rings. The van der Waals surface area contributed by atoms with Crippen LogP contribution in [0.1, 0.15) is 0 Å². The molecule has 0 heterocycles. The summed E-state index contributed by atoms with van der Waals surface area (Å²) in [7, 11) is 1.45. The third-order valence-electron chi connectivity index (χ3n) is 1.55. The van der Waals surface area contributed by atoms with Gasteiger partial charge < -0.3 is 4.90 Å². The lowest BCUT2D eigenvalue weighted by Crippen LogP contribution is -2.19. The maximum absolute atomic E-state index is 12.7. The zero-order chi connectivity index (χ0) is 10.0.